The second-order valence-electron chi connectivity index (χ2n) is 4.23. The van der Waals surface area contributed by atoms with Crippen molar-refractivity contribution >= 4 is 11.7 Å². The molecule has 0 bridgehead atoms. The van der Waals surface area contributed by atoms with Crippen LogP contribution in [-0.4, -0.2) is 20.6 Å². The molecule has 0 unspecified atom stereocenters. The Morgan fingerprint density at radius 1 is 1.50 bits per heavy atom. The number of amides is 1. The number of hydrazine groups is 1. The number of aromatic nitrogens is 2. The average Bonchev–Trinajstić information content (AvgIpc) is 2.80. The molecule has 0 saturated heterocycles. The Morgan fingerprint density at radius 3 is 2.85 bits per heavy atom. The van der Waals surface area contributed by atoms with Crippen molar-refractivity contribution < 1.29 is 9.72 Å². The Labute approximate surface area is 114 Å². The van der Waals surface area contributed by atoms with Gasteiger partial charge in [0.15, 0.2) is 0 Å². The maximum absolute atomic E-state index is 11.4. The largest absolute Gasteiger partial charge is 0.390 e. The van der Waals surface area contributed by atoms with E-state index in [4.69, 9.17) is 5.84 Å². The highest BCUT2D eigenvalue weighted by Gasteiger charge is 2.15. The van der Waals surface area contributed by atoms with Crippen molar-refractivity contribution in [1.82, 2.24) is 15.2 Å². The van der Waals surface area contributed by atoms with Crippen LogP contribution in [0.1, 0.15) is 21.6 Å². The van der Waals surface area contributed by atoms with Crippen LogP contribution in [-0.2, 0) is 6.54 Å². The molecule has 8 heteroatoms. The second kappa shape index (κ2) is 5.49. The molecule has 1 amide bonds. The highest BCUT2D eigenvalue weighted by atomic mass is 16.6. The lowest BCUT2D eigenvalue weighted by molar-refractivity contribution is -0.389. The molecule has 0 atom stereocenters. The number of carbonyl (C=O) groups excluding carboxylic acids is 1. The molecule has 8 nitrogen and oxygen atoms in total. The minimum Gasteiger partial charge on any atom is -0.358 e. The van der Waals surface area contributed by atoms with Gasteiger partial charge in [-0.25, -0.2) is 5.84 Å². The average molecular weight is 275 g/mol. The minimum absolute atomic E-state index is 0.196. The zero-order valence-electron chi connectivity index (χ0n) is 10.7. The van der Waals surface area contributed by atoms with E-state index in [-0.39, 0.29) is 5.82 Å². The molecule has 1 aromatic carbocycles. The van der Waals surface area contributed by atoms with Gasteiger partial charge in [-0.05, 0) is 29.5 Å². The Kier molecular flexibility index (Phi) is 3.76. The van der Waals surface area contributed by atoms with E-state index in [9.17, 15) is 14.9 Å². The summed E-state index contributed by atoms with van der Waals surface area (Å²) in [5.74, 6) is 4.49. The third-order valence-electron chi connectivity index (χ3n) is 2.81. The number of hydrogen-bond donors (Lipinski definition) is 2. The van der Waals surface area contributed by atoms with Crippen LogP contribution in [0.15, 0.2) is 30.3 Å². The topological polar surface area (TPSA) is 116 Å². The first-order chi connectivity index (χ1) is 9.51. The van der Waals surface area contributed by atoms with Gasteiger partial charge in [0.1, 0.15) is 0 Å². The van der Waals surface area contributed by atoms with Crippen molar-refractivity contribution in [2.24, 2.45) is 5.84 Å². The third kappa shape index (κ3) is 2.81. The number of aryl methyl sites for hydroxylation is 1. The number of nitrogens with zero attached hydrogens (tertiary/aromatic N) is 3. The third-order valence-corrected chi connectivity index (χ3v) is 2.81. The molecular weight excluding hydrogens is 262 g/mol. The molecule has 20 heavy (non-hydrogen) atoms. The molecule has 1 aromatic heterocycles. The van der Waals surface area contributed by atoms with Crippen molar-refractivity contribution in [2.75, 3.05) is 0 Å². The SMILES string of the molecule is Cc1cc([N+](=O)[O-])nn1Cc1cccc(C(=O)NN)c1. The summed E-state index contributed by atoms with van der Waals surface area (Å²) in [5, 5.41) is 14.6. The first kappa shape index (κ1) is 13.7. The minimum atomic E-state index is -0.540. The molecule has 0 aliphatic carbocycles. The van der Waals surface area contributed by atoms with Gasteiger partial charge in [0.25, 0.3) is 5.91 Å². The van der Waals surface area contributed by atoms with Crippen molar-refractivity contribution in [2.45, 2.75) is 13.5 Å². The van der Waals surface area contributed by atoms with E-state index in [1.54, 1.807) is 31.2 Å². The number of nitrogens with one attached hydrogen (secondary N) is 1. The summed E-state index contributed by atoms with van der Waals surface area (Å²) in [5.41, 5.74) is 3.94. The van der Waals surface area contributed by atoms with Gasteiger partial charge in [0.05, 0.1) is 23.4 Å². The van der Waals surface area contributed by atoms with Crippen LogP contribution in [0.25, 0.3) is 0 Å². The van der Waals surface area contributed by atoms with E-state index in [1.165, 1.54) is 10.7 Å². The van der Waals surface area contributed by atoms with E-state index >= 15 is 0 Å². The van der Waals surface area contributed by atoms with Crippen molar-refractivity contribution in [3.63, 3.8) is 0 Å². The van der Waals surface area contributed by atoms with Crippen LogP contribution in [0.3, 0.4) is 0 Å². The zero-order chi connectivity index (χ0) is 14.7. The Morgan fingerprint density at radius 2 is 2.25 bits per heavy atom. The number of nitro groups is 1. The van der Waals surface area contributed by atoms with E-state index in [2.05, 4.69) is 10.5 Å². The van der Waals surface area contributed by atoms with Crippen LogP contribution in [0, 0.1) is 17.0 Å². The van der Waals surface area contributed by atoms with Gasteiger partial charge in [-0.15, -0.1) is 0 Å². The van der Waals surface area contributed by atoms with Gasteiger partial charge in [-0.2, -0.15) is 4.68 Å². The summed E-state index contributed by atoms with van der Waals surface area (Å²) < 4.78 is 1.51. The number of rotatable bonds is 4. The molecule has 0 fully saturated rings. The van der Waals surface area contributed by atoms with Gasteiger partial charge in [0, 0.05) is 5.56 Å². The molecule has 0 radical (unpaired) electrons. The summed E-state index contributed by atoms with van der Waals surface area (Å²) in [7, 11) is 0. The number of nitrogen functional groups attached to an aromatic ring is 1. The monoisotopic (exact) mass is 275 g/mol. The molecule has 3 N–H and O–H groups in total. The molecule has 0 spiro atoms. The molecule has 0 aliphatic rings. The quantitative estimate of drug-likeness (QED) is 0.369. The normalized spacial score (nSPS) is 10.3. The van der Waals surface area contributed by atoms with E-state index in [0.717, 1.165) is 5.56 Å². The number of hydrogen-bond acceptors (Lipinski definition) is 5. The van der Waals surface area contributed by atoms with Gasteiger partial charge in [-0.3, -0.25) is 10.2 Å². The summed E-state index contributed by atoms with van der Waals surface area (Å²) in [6.45, 7) is 2.07. The lowest BCUT2D eigenvalue weighted by Crippen LogP contribution is -2.30. The van der Waals surface area contributed by atoms with Gasteiger partial charge < -0.3 is 10.1 Å². The Hall–Kier alpha value is -2.74. The maximum atomic E-state index is 11.4. The molecule has 104 valence electrons. The van der Waals surface area contributed by atoms with E-state index in [0.29, 0.717) is 17.8 Å². The van der Waals surface area contributed by atoms with Gasteiger partial charge in [0.2, 0.25) is 0 Å². The number of benzene rings is 1. The fourth-order valence-corrected chi connectivity index (χ4v) is 1.81. The lowest BCUT2D eigenvalue weighted by atomic mass is 10.1. The number of carbonyl (C=O) groups is 1. The maximum Gasteiger partial charge on any atom is 0.390 e. The molecule has 2 aromatic rings. The smallest absolute Gasteiger partial charge is 0.358 e. The van der Waals surface area contributed by atoms with Crippen LogP contribution in [0.2, 0.25) is 0 Å². The van der Waals surface area contributed by atoms with Crippen molar-refractivity contribution in [3.05, 3.63) is 57.3 Å². The summed E-state index contributed by atoms with van der Waals surface area (Å²) in [4.78, 5) is 21.6. The zero-order valence-corrected chi connectivity index (χ0v) is 10.7. The highest BCUT2D eigenvalue weighted by Crippen LogP contribution is 2.14. The highest BCUT2D eigenvalue weighted by molar-refractivity contribution is 5.93. The molecular formula is C12H13N5O3. The number of nitrogens with two attached hydrogens (primary N) is 1. The van der Waals surface area contributed by atoms with E-state index < -0.39 is 10.8 Å². The standard InChI is InChI=1S/C12H13N5O3/c1-8-5-11(17(19)20)15-16(8)7-9-3-2-4-10(6-9)12(18)14-13/h2-6H,7,13H2,1H3,(H,14,18). The fraction of sp³-hybridized carbons (Fsp3) is 0.167. The fourth-order valence-electron chi connectivity index (χ4n) is 1.81. The van der Waals surface area contributed by atoms with Crippen LogP contribution < -0.4 is 11.3 Å². The predicted molar refractivity (Wildman–Crippen MR) is 70.8 cm³/mol. The molecule has 2 rings (SSSR count). The van der Waals surface area contributed by atoms with Gasteiger partial charge >= 0.3 is 5.82 Å². The van der Waals surface area contributed by atoms with Gasteiger partial charge in [-0.1, -0.05) is 12.1 Å². The predicted octanol–water partition coefficient (Wildman–Crippen LogP) is 0.752. The molecule has 0 saturated carbocycles. The second-order valence-corrected chi connectivity index (χ2v) is 4.23. The summed E-state index contributed by atoms with van der Waals surface area (Å²) in [6, 6.07) is 8.21. The Balaban J connectivity index is 2.26. The summed E-state index contributed by atoms with van der Waals surface area (Å²) in [6.07, 6.45) is 0. The van der Waals surface area contributed by atoms with Crippen LogP contribution in [0.4, 0.5) is 5.82 Å². The molecule has 0 aliphatic heterocycles. The Bertz CT molecular complexity index is 665. The van der Waals surface area contributed by atoms with E-state index in [1.807, 2.05) is 0 Å². The molecule has 1 heterocycles. The summed E-state index contributed by atoms with van der Waals surface area (Å²) >= 11 is 0. The van der Waals surface area contributed by atoms with Crippen LogP contribution >= 0.6 is 0 Å². The van der Waals surface area contributed by atoms with Crippen LogP contribution in [0.5, 0.6) is 0 Å². The first-order valence-corrected chi connectivity index (χ1v) is 5.80. The first-order valence-electron chi connectivity index (χ1n) is 5.80. The lowest BCUT2D eigenvalue weighted by Gasteiger charge is -2.04. The van der Waals surface area contributed by atoms with Crippen molar-refractivity contribution in [1.29, 1.82) is 0 Å². The van der Waals surface area contributed by atoms with Crippen molar-refractivity contribution in [3.8, 4) is 0 Å².